The average molecular weight is 225 g/mol. The first kappa shape index (κ1) is 14.0. The summed E-state index contributed by atoms with van der Waals surface area (Å²) in [6, 6.07) is 0. The third-order valence-corrected chi connectivity index (χ3v) is 4.44. The molecule has 0 spiro atoms. The highest BCUT2D eigenvalue weighted by Gasteiger charge is 2.22. The lowest BCUT2D eigenvalue weighted by atomic mass is 9.78. The number of rotatable bonds is 7. The van der Waals surface area contributed by atoms with Crippen LogP contribution in [-0.4, -0.2) is 13.1 Å². The third-order valence-electron chi connectivity index (χ3n) is 4.44. The summed E-state index contributed by atoms with van der Waals surface area (Å²) >= 11 is 0. The van der Waals surface area contributed by atoms with Gasteiger partial charge in [-0.25, -0.2) is 0 Å². The molecular formula is C15H31N. The molecule has 0 aliphatic carbocycles. The molecule has 16 heavy (non-hydrogen) atoms. The van der Waals surface area contributed by atoms with Crippen LogP contribution in [-0.2, 0) is 0 Å². The molecule has 1 rings (SSSR count). The first-order valence-corrected chi connectivity index (χ1v) is 7.48. The summed E-state index contributed by atoms with van der Waals surface area (Å²) in [6.45, 7) is 9.59. The van der Waals surface area contributed by atoms with Crippen LogP contribution >= 0.6 is 0 Å². The molecule has 1 heteroatoms. The van der Waals surface area contributed by atoms with E-state index in [1.165, 1.54) is 58.0 Å². The standard InChI is InChI=1S/C15H31N/c1-4-6-14(8-7-13(3)5-2)15-9-11-16-12-10-15/h13-16H,4-12H2,1-3H3. The van der Waals surface area contributed by atoms with Gasteiger partial charge < -0.3 is 5.32 Å². The molecule has 0 amide bonds. The summed E-state index contributed by atoms with van der Waals surface area (Å²) in [5.41, 5.74) is 0. The zero-order valence-electron chi connectivity index (χ0n) is 11.6. The predicted octanol–water partition coefficient (Wildman–Crippen LogP) is 4.23. The van der Waals surface area contributed by atoms with E-state index in [1.807, 2.05) is 0 Å². The van der Waals surface area contributed by atoms with Gasteiger partial charge in [-0.2, -0.15) is 0 Å². The zero-order valence-corrected chi connectivity index (χ0v) is 11.6. The van der Waals surface area contributed by atoms with Gasteiger partial charge >= 0.3 is 0 Å². The highest BCUT2D eigenvalue weighted by molar-refractivity contribution is 4.76. The minimum absolute atomic E-state index is 0.932. The number of hydrogen-bond donors (Lipinski definition) is 1. The van der Waals surface area contributed by atoms with Crippen molar-refractivity contribution in [3.05, 3.63) is 0 Å². The van der Waals surface area contributed by atoms with Gasteiger partial charge in [0, 0.05) is 0 Å². The van der Waals surface area contributed by atoms with Crippen molar-refractivity contribution in [3.8, 4) is 0 Å². The molecule has 1 saturated heterocycles. The fraction of sp³-hybridized carbons (Fsp3) is 1.00. The van der Waals surface area contributed by atoms with Gasteiger partial charge in [0.25, 0.3) is 0 Å². The van der Waals surface area contributed by atoms with Crippen LogP contribution in [0.1, 0.15) is 65.7 Å². The van der Waals surface area contributed by atoms with E-state index in [4.69, 9.17) is 0 Å². The van der Waals surface area contributed by atoms with Gasteiger partial charge in [-0.1, -0.05) is 46.5 Å². The van der Waals surface area contributed by atoms with Crippen LogP contribution in [0, 0.1) is 17.8 Å². The second-order valence-electron chi connectivity index (χ2n) is 5.73. The normalized spacial score (nSPS) is 21.9. The molecule has 1 aliphatic heterocycles. The Morgan fingerprint density at radius 1 is 1.06 bits per heavy atom. The highest BCUT2D eigenvalue weighted by atomic mass is 14.9. The van der Waals surface area contributed by atoms with Crippen LogP contribution in [0.25, 0.3) is 0 Å². The summed E-state index contributed by atoms with van der Waals surface area (Å²) in [5, 5.41) is 3.49. The van der Waals surface area contributed by atoms with Gasteiger partial charge in [-0.3, -0.25) is 0 Å². The molecule has 0 aromatic carbocycles. The van der Waals surface area contributed by atoms with Gasteiger partial charge in [0.2, 0.25) is 0 Å². The molecule has 0 saturated carbocycles. The summed E-state index contributed by atoms with van der Waals surface area (Å²) in [4.78, 5) is 0. The van der Waals surface area contributed by atoms with E-state index in [1.54, 1.807) is 0 Å². The molecule has 1 aliphatic rings. The van der Waals surface area contributed by atoms with Crippen LogP contribution in [0.5, 0.6) is 0 Å². The lowest BCUT2D eigenvalue weighted by molar-refractivity contribution is 0.220. The molecule has 1 nitrogen and oxygen atoms in total. The van der Waals surface area contributed by atoms with E-state index >= 15 is 0 Å². The Balaban J connectivity index is 2.33. The lowest BCUT2D eigenvalue weighted by Crippen LogP contribution is -2.31. The van der Waals surface area contributed by atoms with E-state index in [-0.39, 0.29) is 0 Å². The monoisotopic (exact) mass is 225 g/mol. The molecular weight excluding hydrogens is 194 g/mol. The van der Waals surface area contributed by atoms with Crippen LogP contribution in [0.4, 0.5) is 0 Å². The Bertz CT molecular complexity index is 161. The van der Waals surface area contributed by atoms with Crippen LogP contribution in [0.3, 0.4) is 0 Å². The van der Waals surface area contributed by atoms with Crippen molar-refractivity contribution in [2.24, 2.45) is 17.8 Å². The van der Waals surface area contributed by atoms with Gasteiger partial charge in [-0.15, -0.1) is 0 Å². The van der Waals surface area contributed by atoms with E-state index in [2.05, 4.69) is 26.1 Å². The Morgan fingerprint density at radius 3 is 2.31 bits per heavy atom. The van der Waals surface area contributed by atoms with Crippen LogP contribution < -0.4 is 5.32 Å². The summed E-state index contributed by atoms with van der Waals surface area (Å²) in [5.74, 6) is 2.97. The average Bonchev–Trinajstić information content (AvgIpc) is 2.35. The summed E-state index contributed by atoms with van der Waals surface area (Å²) < 4.78 is 0. The minimum Gasteiger partial charge on any atom is -0.317 e. The number of piperidine rings is 1. The maximum atomic E-state index is 3.49. The van der Waals surface area contributed by atoms with Crippen molar-refractivity contribution >= 4 is 0 Å². The second-order valence-corrected chi connectivity index (χ2v) is 5.73. The second kappa shape index (κ2) is 8.11. The molecule has 0 bridgehead atoms. The van der Waals surface area contributed by atoms with Crippen molar-refractivity contribution in [2.75, 3.05) is 13.1 Å². The maximum absolute atomic E-state index is 3.49. The number of nitrogens with one attached hydrogen (secondary N) is 1. The van der Waals surface area contributed by atoms with Crippen molar-refractivity contribution in [3.63, 3.8) is 0 Å². The minimum atomic E-state index is 0.932. The molecule has 2 unspecified atom stereocenters. The molecule has 96 valence electrons. The summed E-state index contributed by atoms with van der Waals surface area (Å²) in [7, 11) is 0. The van der Waals surface area contributed by atoms with Gasteiger partial charge in [0.15, 0.2) is 0 Å². The van der Waals surface area contributed by atoms with Crippen molar-refractivity contribution in [1.29, 1.82) is 0 Å². The maximum Gasteiger partial charge on any atom is -0.00462 e. The quantitative estimate of drug-likeness (QED) is 0.684. The summed E-state index contributed by atoms with van der Waals surface area (Å²) in [6.07, 6.45) is 9.95. The largest absolute Gasteiger partial charge is 0.317 e. The smallest absolute Gasteiger partial charge is 0.00462 e. The topological polar surface area (TPSA) is 12.0 Å². The van der Waals surface area contributed by atoms with Crippen molar-refractivity contribution < 1.29 is 0 Å². The van der Waals surface area contributed by atoms with E-state index in [0.29, 0.717) is 0 Å². The van der Waals surface area contributed by atoms with Crippen LogP contribution in [0.15, 0.2) is 0 Å². The first-order valence-electron chi connectivity index (χ1n) is 7.48. The third kappa shape index (κ3) is 4.86. The zero-order chi connectivity index (χ0) is 11.8. The highest BCUT2D eigenvalue weighted by Crippen LogP contribution is 2.31. The van der Waals surface area contributed by atoms with E-state index in [9.17, 15) is 0 Å². The SMILES string of the molecule is CCCC(CCC(C)CC)C1CCNCC1. The molecule has 0 aromatic heterocycles. The molecule has 2 atom stereocenters. The van der Waals surface area contributed by atoms with E-state index in [0.717, 1.165) is 17.8 Å². The van der Waals surface area contributed by atoms with Gasteiger partial charge in [-0.05, 0) is 50.1 Å². The fourth-order valence-corrected chi connectivity index (χ4v) is 3.00. The van der Waals surface area contributed by atoms with Crippen molar-refractivity contribution in [1.82, 2.24) is 5.32 Å². The molecule has 0 radical (unpaired) electrons. The number of hydrogen-bond acceptors (Lipinski definition) is 1. The predicted molar refractivity (Wildman–Crippen MR) is 72.7 cm³/mol. The first-order chi connectivity index (χ1) is 7.77. The molecule has 1 heterocycles. The Kier molecular flexibility index (Phi) is 7.11. The Morgan fingerprint density at radius 2 is 1.75 bits per heavy atom. The molecule has 1 N–H and O–H groups in total. The molecule has 1 fully saturated rings. The van der Waals surface area contributed by atoms with Gasteiger partial charge in [0.05, 0.1) is 0 Å². The van der Waals surface area contributed by atoms with Crippen molar-refractivity contribution in [2.45, 2.75) is 65.7 Å². The lowest BCUT2D eigenvalue weighted by Gasteiger charge is -2.31. The van der Waals surface area contributed by atoms with Gasteiger partial charge in [0.1, 0.15) is 0 Å². The van der Waals surface area contributed by atoms with E-state index < -0.39 is 0 Å². The Hall–Kier alpha value is -0.0400. The van der Waals surface area contributed by atoms with Crippen LogP contribution in [0.2, 0.25) is 0 Å². The molecule has 0 aromatic rings. The Labute approximate surface area is 102 Å². The fourth-order valence-electron chi connectivity index (χ4n) is 3.00.